The standard InChI is InChI=1S/C13H14F3NO/c14-11-3-1-2-9(13(11)16)12(15)10-6-17-5-4-8(10)7-18/h1-3,7-8,10,12,17H,4-6H2. The Kier molecular flexibility index (Phi) is 4.01. The first-order valence-corrected chi connectivity index (χ1v) is 5.89. The number of aldehydes is 1. The summed E-state index contributed by atoms with van der Waals surface area (Å²) in [5.74, 6) is -3.33. The van der Waals surface area contributed by atoms with Gasteiger partial charge in [-0.05, 0) is 19.0 Å². The number of halogens is 3. The van der Waals surface area contributed by atoms with Gasteiger partial charge in [-0.2, -0.15) is 0 Å². The monoisotopic (exact) mass is 257 g/mol. The molecule has 2 nitrogen and oxygen atoms in total. The van der Waals surface area contributed by atoms with Crippen LogP contribution in [0, 0.1) is 23.5 Å². The first-order chi connectivity index (χ1) is 8.65. The normalized spacial score (nSPS) is 25.7. The predicted molar refractivity (Wildman–Crippen MR) is 60.7 cm³/mol. The highest BCUT2D eigenvalue weighted by Gasteiger charge is 2.34. The van der Waals surface area contributed by atoms with Gasteiger partial charge in [0.2, 0.25) is 0 Å². The summed E-state index contributed by atoms with van der Waals surface area (Å²) in [4.78, 5) is 10.9. The number of benzene rings is 1. The Morgan fingerprint density at radius 1 is 1.39 bits per heavy atom. The first kappa shape index (κ1) is 13.1. The number of hydrogen-bond acceptors (Lipinski definition) is 2. The predicted octanol–water partition coefficient (Wildman–Crippen LogP) is 2.40. The zero-order valence-corrected chi connectivity index (χ0v) is 9.70. The van der Waals surface area contributed by atoms with Crippen molar-refractivity contribution in [3.63, 3.8) is 0 Å². The van der Waals surface area contributed by atoms with Gasteiger partial charge < -0.3 is 10.1 Å². The third-order valence-electron chi connectivity index (χ3n) is 3.41. The second kappa shape index (κ2) is 5.52. The molecular formula is C13H14F3NO. The summed E-state index contributed by atoms with van der Waals surface area (Å²) in [5, 5.41) is 2.97. The van der Waals surface area contributed by atoms with Crippen LogP contribution >= 0.6 is 0 Å². The van der Waals surface area contributed by atoms with Crippen molar-refractivity contribution in [1.82, 2.24) is 5.32 Å². The maximum Gasteiger partial charge on any atom is 0.164 e. The fraction of sp³-hybridized carbons (Fsp3) is 0.462. The summed E-state index contributed by atoms with van der Waals surface area (Å²) in [5.41, 5.74) is -0.310. The first-order valence-electron chi connectivity index (χ1n) is 5.89. The molecule has 0 spiro atoms. The van der Waals surface area contributed by atoms with Gasteiger partial charge in [0.25, 0.3) is 0 Å². The molecule has 1 aliphatic heterocycles. The lowest BCUT2D eigenvalue weighted by atomic mass is 9.81. The fourth-order valence-corrected chi connectivity index (χ4v) is 2.36. The Hall–Kier alpha value is -1.36. The third kappa shape index (κ3) is 2.41. The van der Waals surface area contributed by atoms with Crippen molar-refractivity contribution < 1.29 is 18.0 Å². The molecule has 1 heterocycles. The van der Waals surface area contributed by atoms with E-state index >= 15 is 0 Å². The largest absolute Gasteiger partial charge is 0.316 e. The van der Waals surface area contributed by atoms with Gasteiger partial charge in [0, 0.05) is 23.9 Å². The lowest BCUT2D eigenvalue weighted by Crippen LogP contribution is -2.39. The molecule has 1 aromatic rings. The zero-order chi connectivity index (χ0) is 13.1. The lowest BCUT2D eigenvalue weighted by Gasteiger charge is -2.31. The van der Waals surface area contributed by atoms with E-state index in [0.29, 0.717) is 25.8 Å². The highest BCUT2D eigenvalue weighted by molar-refractivity contribution is 5.54. The van der Waals surface area contributed by atoms with Crippen molar-refractivity contribution in [3.05, 3.63) is 35.4 Å². The van der Waals surface area contributed by atoms with E-state index in [0.717, 1.165) is 6.07 Å². The SMILES string of the molecule is O=CC1CCNCC1C(F)c1cccc(F)c1F. The topological polar surface area (TPSA) is 29.1 Å². The molecule has 1 saturated heterocycles. The van der Waals surface area contributed by atoms with Crippen LogP contribution in [0.2, 0.25) is 0 Å². The highest BCUT2D eigenvalue weighted by Crippen LogP contribution is 2.35. The number of carbonyl (C=O) groups excluding carboxylic acids is 1. The van der Waals surface area contributed by atoms with Crippen molar-refractivity contribution in [2.75, 3.05) is 13.1 Å². The summed E-state index contributed by atoms with van der Waals surface area (Å²) in [7, 11) is 0. The van der Waals surface area contributed by atoms with Crippen LogP contribution in [0.1, 0.15) is 18.2 Å². The van der Waals surface area contributed by atoms with Crippen LogP contribution < -0.4 is 5.32 Å². The molecule has 1 aromatic carbocycles. The Labute approximate surface area is 103 Å². The van der Waals surface area contributed by atoms with E-state index in [2.05, 4.69) is 5.32 Å². The Morgan fingerprint density at radius 3 is 2.89 bits per heavy atom. The van der Waals surface area contributed by atoms with Crippen molar-refractivity contribution in [1.29, 1.82) is 0 Å². The number of hydrogen-bond donors (Lipinski definition) is 1. The minimum Gasteiger partial charge on any atom is -0.316 e. The van der Waals surface area contributed by atoms with Crippen molar-refractivity contribution in [3.8, 4) is 0 Å². The number of carbonyl (C=O) groups is 1. The van der Waals surface area contributed by atoms with E-state index in [1.54, 1.807) is 0 Å². The molecule has 1 fully saturated rings. The third-order valence-corrected chi connectivity index (χ3v) is 3.41. The maximum atomic E-state index is 14.3. The van der Waals surface area contributed by atoms with E-state index in [1.807, 2.05) is 0 Å². The van der Waals surface area contributed by atoms with Crippen molar-refractivity contribution >= 4 is 6.29 Å². The Bertz CT molecular complexity index is 438. The summed E-state index contributed by atoms with van der Waals surface area (Å²) < 4.78 is 40.9. The van der Waals surface area contributed by atoms with Gasteiger partial charge in [0.15, 0.2) is 11.6 Å². The summed E-state index contributed by atoms with van der Waals surface area (Å²) >= 11 is 0. The molecule has 3 atom stereocenters. The average Bonchev–Trinajstić information content (AvgIpc) is 2.41. The molecule has 5 heteroatoms. The molecule has 0 aromatic heterocycles. The van der Waals surface area contributed by atoms with Crippen LogP contribution in [0.15, 0.2) is 18.2 Å². The number of rotatable bonds is 3. The molecule has 98 valence electrons. The van der Waals surface area contributed by atoms with Gasteiger partial charge >= 0.3 is 0 Å². The van der Waals surface area contributed by atoms with Gasteiger partial charge in [-0.3, -0.25) is 0 Å². The second-order valence-electron chi connectivity index (χ2n) is 4.50. The Balaban J connectivity index is 2.26. The van der Waals surface area contributed by atoms with E-state index < -0.39 is 29.6 Å². The lowest BCUT2D eigenvalue weighted by molar-refractivity contribution is -0.114. The molecular weight excluding hydrogens is 243 g/mol. The van der Waals surface area contributed by atoms with E-state index in [4.69, 9.17) is 0 Å². The average molecular weight is 257 g/mol. The van der Waals surface area contributed by atoms with Crippen LogP contribution in [-0.4, -0.2) is 19.4 Å². The molecule has 1 aliphatic rings. The van der Waals surface area contributed by atoms with E-state index in [9.17, 15) is 18.0 Å². The Morgan fingerprint density at radius 2 is 2.17 bits per heavy atom. The van der Waals surface area contributed by atoms with Gasteiger partial charge in [0.05, 0.1) is 0 Å². The molecule has 0 amide bonds. The second-order valence-corrected chi connectivity index (χ2v) is 4.50. The van der Waals surface area contributed by atoms with Crippen molar-refractivity contribution in [2.45, 2.75) is 12.6 Å². The highest BCUT2D eigenvalue weighted by atomic mass is 19.2. The number of piperidine rings is 1. The fourth-order valence-electron chi connectivity index (χ4n) is 2.36. The van der Waals surface area contributed by atoms with Crippen LogP contribution in [-0.2, 0) is 4.79 Å². The van der Waals surface area contributed by atoms with Gasteiger partial charge in [-0.25, -0.2) is 13.2 Å². The summed E-state index contributed by atoms with van der Waals surface area (Å²) in [6.07, 6.45) is -0.454. The van der Waals surface area contributed by atoms with Crippen LogP contribution in [0.4, 0.5) is 13.2 Å². The van der Waals surface area contributed by atoms with Gasteiger partial charge in [-0.1, -0.05) is 12.1 Å². The molecule has 0 bridgehead atoms. The minimum absolute atomic E-state index is 0.292. The van der Waals surface area contributed by atoms with Crippen LogP contribution in [0.5, 0.6) is 0 Å². The van der Waals surface area contributed by atoms with E-state index in [1.165, 1.54) is 12.1 Å². The molecule has 1 N–H and O–H groups in total. The number of alkyl halides is 1. The van der Waals surface area contributed by atoms with Gasteiger partial charge in [0.1, 0.15) is 12.5 Å². The smallest absolute Gasteiger partial charge is 0.164 e. The molecule has 18 heavy (non-hydrogen) atoms. The minimum atomic E-state index is -1.68. The number of nitrogens with one attached hydrogen (secondary N) is 1. The van der Waals surface area contributed by atoms with Crippen LogP contribution in [0.25, 0.3) is 0 Å². The molecule has 3 unspecified atom stereocenters. The molecule has 0 radical (unpaired) electrons. The van der Waals surface area contributed by atoms with E-state index in [-0.39, 0.29) is 5.56 Å². The molecule has 2 rings (SSSR count). The molecule has 0 aliphatic carbocycles. The molecule has 0 saturated carbocycles. The van der Waals surface area contributed by atoms with Gasteiger partial charge in [-0.15, -0.1) is 0 Å². The maximum absolute atomic E-state index is 14.3. The quantitative estimate of drug-likeness (QED) is 0.842. The zero-order valence-electron chi connectivity index (χ0n) is 9.70. The summed E-state index contributed by atoms with van der Waals surface area (Å²) in [6, 6.07) is 3.44. The van der Waals surface area contributed by atoms with Crippen molar-refractivity contribution in [2.24, 2.45) is 11.8 Å². The van der Waals surface area contributed by atoms with Crippen LogP contribution in [0.3, 0.4) is 0 Å². The summed E-state index contributed by atoms with van der Waals surface area (Å²) in [6.45, 7) is 0.929.